The zero-order chi connectivity index (χ0) is 23.2. The minimum Gasteiger partial charge on any atom is -0.493 e. The van der Waals surface area contributed by atoms with Gasteiger partial charge in [0.25, 0.3) is 0 Å². The van der Waals surface area contributed by atoms with Crippen LogP contribution < -0.4 is 14.4 Å². The molecule has 2 aliphatic heterocycles. The molecule has 33 heavy (non-hydrogen) atoms. The Morgan fingerprint density at radius 1 is 0.970 bits per heavy atom. The van der Waals surface area contributed by atoms with Crippen molar-refractivity contribution in [2.75, 3.05) is 78.5 Å². The molecular formula is C26H38N4O3. The maximum atomic E-state index is 10.8. The van der Waals surface area contributed by atoms with Gasteiger partial charge in [0.05, 0.1) is 13.2 Å². The lowest BCUT2D eigenvalue weighted by molar-refractivity contribution is 0.0791. The largest absolute Gasteiger partial charge is 0.493 e. The summed E-state index contributed by atoms with van der Waals surface area (Å²) in [6.45, 7) is 7.83. The van der Waals surface area contributed by atoms with E-state index in [1.54, 1.807) is 7.11 Å². The van der Waals surface area contributed by atoms with Crippen LogP contribution in [0.25, 0.3) is 0 Å². The van der Waals surface area contributed by atoms with Gasteiger partial charge in [-0.2, -0.15) is 0 Å². The van der Waals surface area contributed by atoms with E-state index in [1.165, 1.54) is 11.3 Å². The molecule has 2 saturated heterocycles. The number of para-hydroxylation sites is 1. The van der Waals surface area contributed by atoms with Gasteiger partial charge in [-0.25, -0.2) is 0 Å². The van der Waals surface area contributed by atoms with Gasteiger partial charge in [0.1, 0.15) is 6.61 Å². The van der Waals surface area contributed by atoms with Gasteiger partial charge in [-0.15, -0.1) is 0 Å². The number of rotatable bonds is 9. The molecule has 2 heterocycles. The number of methoxy groups -OCH3 is 1. The summed E-state index contributed by atoms with van der Waals surface area (Å²) >= 11 is 0. The standard InChI is InChI=1S/C26H38N4O3/c1-27(2)15-16-33-25-10-9-21(17-26(25)32-3)18-28-19-23(24(31)20-28)30-13-11-29(12-14-30)22-7-5-4-6-8-22/h4-10,17,23-24,31H,11-16,18-20H2,1-3H3/t23-,24-/m0/s1. The normalized spacial score (nSPS) is 22.2. The molecule has 2 fully saturated rings. The molecular weight excluding hydrogens is 416 g/mol. The van der Waals surface area contributed by atoms with Gasteiger partial charge in [0.15, 0.2) is 11.5 Å². The quantitative estimate of drug-likeness (QED) is 0.622. The van der Waals surface area contributed by atoms with Gasteiger partial charge in [-0.05, 0) is 43.9 Å². The number of aliphatic hydroxyl groups excluding tert-OH is 1. The first kappa shape index (κ1) is 23.8. The first-order valence-electron chi connectivity index (χ1n) is 11.9. The molecule has 0 aromatic heterocycles. The predicted octanol–water partition coefficient (Wildman–Crippen LogP) is 2.00. The number of anilines is 1. The number of likely N-dealkylation sites (tertiary alicyclic amines) is 1. The molecule has 0 unspecified atom stereocenters. The minimum atomic E-state index is -0.316. The van der Waals surface area contributed by atoms with Crippen LogP contribution in [0.2, 0.25) is 0 Å². The highest BCUT2D eigenvalue weighted by Gasteiger charge is 2.36. The summed E-state index contributed by atoms with van der Waals surface area (Å²) in [6, 6.07) is 17.0. The van der Waals surface area contributed by atoms with Crippen molar-refractivity contribution in [2.45, 2.75) is 18.7 Å². The van der Waals surface area contributed by atoms with Gasteiger partial charge < -0.3 is 24.4 Å². The molecule has 180 valence electrons. The van der Waals surface area contributed by atoms with Gasteiger partial charge in [0, 0.05) is 64.1 Å². The number of ether oxygens (including phenoxy) is 2. The van der Waals surface area contributed by atoms with Crippen molar-refractivity contribution in [3.8, 4) is 11.5 Å². The highest BCUT2D eigenvalue weighted by molar-refractivity contribution is 5.46. The van der Waals surface area contributed by atoms with Crippen molar-refractivity contribution < 1.29 is 14.6 Å². The molecule has 0 radical (unpaired) electrons. The Bertz CT molecular complexity index is 871. The van der Waals surface area contributed by atoms with Crippen LogP contribution in [-0.4, -0.2) is 106 Å². The van der Waals surface area contributed by atoms with Crippen molar-refractivity contribution in [2.24, 2.45) is 0 Å². The molecule has 7 heteroatoms. The van der Waals surface area contributed by atoms with Gasteiger partial charge >= 0.3 is 0 Å². The average Bonchev–Trinajstić information content (AvgIpc) is 3.20. The van der Waals surface area contributed by atoms with E-state index in [9.17, 15) is 5.11 Å². The topological polar surface area (TPSA) is 51.7 Å². The van der Waals surface area contributed by atoms with Crippen LogP contribution in [0.5, 0.6) is 11.5 Å². The van der Waals surface area contributed by atoms with Crippen molar-refractivity contribution >= 4 is 5.69 Å². The number of nitrogens with zero attached hydrogens (tertiary/aromatic N) is 4. The van der Waals surface area contributed by atoms with Crippen LogP contribution in [0.15, 0.2) is 48.5 Å². The van der Waals surface area contributed by atoms with Crippen LogP contribution in [0.3, 0.4) is 0 Å². The summed E-state index contributed by atoms with van der Waals surface area (Å²) in [6.07, 6.45) is -0.316. The second-order valence-corrected chi connectivity index (χ2v) is 9.32. The number of benzene rings is 2. The minimum absolute atomic E-state index is 0.193. The van der Waals surface area contributed by atoms with Gasteiger partial charge in [-0.1, -0.05) is 24.3 Å². The maximum absolute atomic E-state index is 10.8. The Morgan fingerprint density at radius 2 is 1.73 bits per heavy atom. The highest BCUT2D eigenvalue weighted by Crippen LogP contribution is 2.29. The number of likely N-dealkylation sites (N-methyl/N-ethyl adjacent to an activating group) is 1. The molecule has 2 aromatic carbocycles. The van der Waals surface area contributed by atoms with E-state index >= 15 is 0 Å². The van der Waals surface area contributed by atoms with Crippen LogP contribution in [0, 0.1) is 0 Å². The van der Waals surface area contributed by atoms with Crippen molar-refractivity contribution in [1.29, 1.82) is 0 Å². The fraction of sp³-hybridized carbons (Fsp3) is 0.538. The molecule has 2 atom stereocenters. The van der Waals surface area contributed by atoms with E-state index in [2.05, 4.69) is 62.1 Å². The third-order valence-corrected chi connectivity index (χ3v) is 6.67. The SMILES string of the molecule is COc1cc(CN2C[C@H](O)[C@@H](N3CCN(c4ccccc4)CC3)C2)ccc1OCCN(C)C. The smallest absolute Gasteiger partial charge is 0.161 e. The Hall–Kier alpha value is -2.32. The summed E-state index contributed by atoms with van der Waals surface area (Å²) in [5, 5.41) is 10.8. The van der Waals surface area contributed by atoms with Crippen LogP contribution >= 0.6 is 0 Å². The first-order valence-corrected chi connectivity index (χ1v) is 11.9. The number of hydrogen-bond acceptors (Lipinski definition) is 7. The summed E-state index contributed by atoms with van der Waals surface area (Å²) in [5.41, 5.74) is 2.46. The highest BCUT2D eigenvalue weighted by atomic mass is 16.5. The number of hydrogen-bond donors (Lipinski definition) is 1. The van der Waals surface area contributed by atoms with Crippen LogP contribution in [0.4, 0.5) is 5.69 Å². The summed E-state index contributed by atoms with van der Waals surface area (Å²) in [5.74, 6) is 1.54. The van der Waals surface area contributed by atoms with E-state index < -0.39 is 0 Å². The average molecular weight is 455 g/mol. The van der Waals surface area contributed by atoms with E-state index in [0.29, 0.717) is 13.2 Å². The van der Waals surface area contributed by atoms with E-state index in [4.69, 9.17) is 9.47 Å². The molecule has 1 N–H and O–H groups in total. The molecule has 0 spiro atoms. The molecule has 0 bridgehead atoms. The Morgan fingerprint density at radius 3 is 2.42 bits per heavy atom. The first-order chi connectivity index (χ1) is 16.0. The third kappa shape index (κ3) is 6.18. The van der Waals surface area contributed by atoms with Gasteiger partial charge in [0.2, 0.25) is 0 Å². The Labute approximate surface area is 198 Å². The number of aliphatic hydroxyl groups is 1. The maximum Gasteiger partial charge on any atom is 0.161 e. The fourth-order valence-corrected chi connectivity index (χ4v) is 4.81. The van der Waals surface area contributed by atoms with E-state index in [0.717, 1.165) is 57.3 Å². The fourth-order valence-electron chi connectivity index (χ4n) is 4.81. The van der Waals surface area contributed by atoms with Crippen molar-refractivity contribution in [3.63, 3.8) is 0 Å². The van der Waals surface area contributed by atoms with Crippen LogP contribution in [0.1, 0.15) is 5.56 Å². The Kier molecular flexibility index (Phi) is 8.09. The molecule has 2 aromatic rings. The second-order valence-electron chi connectivity index (χ2n) is 9.32. The zero-order valence-corrected chi connectivity index (χ0v) is 20.2. The molecule has 7 nitrogen and oxygen atoms in total. The molecule has 0 saturated carbocycles. The lowest BCUT2D eigenvalue weighted by Gasteiger charge is -2.39. The lowest BCUT2D eigenvalue weighted by atomic mass is 10.1. The summed E-state index contributed by atoms with van der Waals surface area (Å²) in [4.78, 5) is 9.34. The number of piperazine rings is 1. The summed E-state index contributed by atoms with van der Waals surface area (Å²) in [7, 11) is 5.75. The van der Waals surface area contributed by atoms with Crippen molar-refractivity contribution in [3.05, 3.63) is 54.1 Å². The van der Waals surface area contributed by atoms with E-state index in [-0.39, 0.29) is 12.1 Å². The Balaban J connectivity index is 1.30. The molecule has 0 amide bonds. The number of β-amino-alcohol motifs (C(OH)–C–C–N with tert-alkyl or cyclic N) is 1. The molecule has 4 rings (SSSR count). The van der Waals surface area contributed by atoms with E-state index in [1.807, 2.05) is 20.2 Å². The molecule has 2 aliphatic rings. The molecule has 0 aliphatic carbocycles. The zero-order valence-electron chi connectivity index (χ0n) is 20.2. The third-order valence-electron chi connectivity index (χ3n) is 6.67. The summed E-state index contributed by atoms with van der Waals surface area (Å²) < 4.78 is 11.5. The second kappa shape index (κ2) is 11.2. The lowest BCUT2D eigenvalue weighted by Crippen LogP contribution is -2.53. The van der Waals surface area contributed by atoms with Crippen molar-refractivity contribution in [1.82, 2.24) is 14.7 Å². The van der Waals surface area contributed by atoms with Crippen LogP contribution in [-0.2, 0) is 6.54 Å². The monoisotopic (exact) mass is 454 g/mol. The predicted molar refractivity (Wildman–Crippen MR) is 132 cm³/mol. The van der Waals surface area contributed by atoms with Gasteiger partial charge in [-0.3, -0.25) is 9.80 Å².